The normalized spacial score (nSPS) is 11.0. The van der Waals surface area contributed by atoms with Crippen LogP contribution in [0.5, 0.6) is 0 Å². The highest BCUT2D eigenvalue weighted by atomic mass is 35.5. The molecule has 0 aliphatic rings. The summed E-state index contributed by atoms with van der Waals surface area (Å²) >= 11 is 5.89. The number of benzene rings is 2. The summed E-state index contributed by atoms with van der Waals surface area (Å²) in [6, 6.07) is 18.4. The molecular formula is C21H15ClN2O3. The zero-order valence-electron chi connectivity index (χ0n) is 14.3. The van der Waals surface area contributed by atoms with Crippen LogP contribution in [0.25, 0.3) is 16.4 Å². The van der Waals surface area contributed by atoms with Crippen molar-refractivity contribution in [3.8, 4) is 0 Å². The van der Waals surface area contributed by atoms with Crippen molar-refractivity contribution in [2.24, 2.45) is 0 Å². The molecule has 4 rings (SSSR count). The van der Waals surface area contributed by atoms with Crippen LogP contribution in [0.15, 0.2) is 71.7 Å². The number of nitrogens with zero attached hydrogens (tertiary/aromatic N) is 2. The summed E-state index contributed by atoms with van der Waals surface area (Å²) in [5.74, 6) is -0.371. The minimum absolute atomic E-state index is 0.0576. The van der Waals surface area contributed by atoms with Gasteiger partial charge < -0.3 is 4.74 Å². The Morgan fingerprint density at radius 3 is 2.78 bits per heavy atom. The molecule has 2 aromatic carbocycles. The fourth-order valence-electron chi connectivity index (χ4n) is 3.01. The van der Waals surface area contributed by atoms with Crippen molar-refractivity contribution in [1.82, 2.24) is 9.38 Å². The van der Waals surface area contributed by atoms with Gasteiger partial charge in [-0.25, -0.2) is 4.98 Å². The Bertz CT molecular complexity index is 1210. The van der Waals surface area contributed by atoms with Gasteiger partial charge in [-0.3, -0.25) is 14.0 Å². The molecule has 0 spiro atoms. The molecule has 0 unspecified atom stereocenters. The quantitative estimate of drug-likeness (QED) is 0.507. The lowest BCUT2D eigenvalue weighted by molar-refractivity contribution is -0.144. The van der Waals surface area contributed by atoms with Crippen molar-refractivity contribution in [1.29, 1.82) is 0 Å². The molecule has 27 heavy (non-hydrogen) atoms. The Morgan fingerprint density at radius 2 is 1.89 bits per heavy atom. The maximum atomic E-state index is 12.3. The predicted octanol–water partition coefficient (Wildman–Crippen LogP) is 3.79. The minimum Gasteiger partial charge on any atom is -0.459 e. The van der Waals surface area contributed by atoms with E-state index in [1.807, 2.05) is 42.5 Å². The summed E-state index contributed by atoms with van der Waals surface area (Å²) < 4.78 is 6.68. The van der Waals surface area contributed by atoms with E-state index in [1.54, 1.807) is 12.1 Å². The fourth-order valence-corrected chi connectivity index (χ4v) is 3.17. The summed E-state index contributed by atoms with van der Waals surface area (Å²) in [4.78, 5) is 28.8. The zero-order valence-corrected chi connectivity index (χ0v) is 15.0. The van der Waals surface area contributed by atoms with Crippen molar-refractivity contribution in [3.63, 3.8) is 0 Å². The summed E-state index contributed by atoms with van der Waals surface area (Å²) in [7, 11) is 0. The molecule has 6 heteroatoms. The number of fused-ring (bicyclic) bond motifs is 2. The summed E-state index contributed by atoms with van der Waals surface area (Å²) in [5.41, 5.74) is 1.47. The van der Waals surface area contributed by atoms with Gasteiger partial charge >= 0.3 is 5.97 Å². The molecule has 2 heterocycles. The van der Waals surface area contributed by atoms with Crippen LogP contribution < -0.4 is 5.56 Å². The van der Waals surface area contributed by atoms with Gasteiger partial charge in [-0.1, -0.05) is 54.1 Å². The van der Waals surface area contributed by atoms with Gasteiger partial charge in [-0.2, -0.15) is 0 Å². The summed E-state index contributed by atoms with van der Waals surface area (Å²) in [5, 5.41) is 2.54. The van der Waals surface area contributed by atoms with E-state index in [0.717, 1.165) is 16.3 Å². The second kappa shape index (κ2) is 7.21. The monoisotopic (exact) mass is 378 g/mol. The van der Waals surface area contributed by atoms with Crippen LogP contribution in [0.2, 0.25) is 5.02 Å². The van der Waals surface area contributed by atoms with Crippen molar-refractivity contribution >= 4 is 34.0 Å². The second-order valence-corrected chi connectivity index (χ2v) is 6.57. The Hall–Kier alpha value is -3.18. The highest BCUT2D eigenvalue weighted by Gasteiger charge is 2.10. The molecule has 0 aliphatic carbocycles. The molecule has 0 saturated heterocycles. The number of pyridine rings is 1. The molecule has 0 aliphatic heterocycles. The first kappa shape index (κ1) is 17.2. The zero-order chi connectivity index (χ0) is 18.8. The van der Waals surface area contributed by atoms with E-state index in [0.29, 0.717) is 16.4 Å². The third kappa shape index (κ3) is 3.68. The van der Waals surface area contributed by atoms with E-state index in [1.165, 1.54) is 16.7 Å². The van der Waals surface area contributed by atoms with Gasteiger partial charge in [0.2, 0.25) is 0 Å². The molecule has 0 bridgehead atoms. The third-order valence-electron chi connectivity index (χ3n) is 4.27. The molecule has 2 aromatic heterocycles. The summed E-state index contributed by atoms with van der Waals surface area (Å²) in [6.07, 6.45) is 1.66. The lowest BCUT2D eigenvalue weighted by Crippen LogP contribution is -2.17. The van der Waals surface area contributed by atoms with Gasteiger partial charge in [-0.15, -0.1) is 0 Å². The van der Waals surface area contributed by atoms with Gasteiger partial charge in [-0.05, 0) is 28.5 Å². The molecule has 0 saturated carbocycles. The van der Waals surface area contributed by atoms with Gasteiger partial charge in [0.05, 0.1) is 17.1 Å². The van der Waals surface area contributed by atoms with Crippen molar-refractivity contribution < 1.29 is 9.53 Å². The first-order valence-electron chi connectivity index (χ1n) is 8.40. The van der Waals surface area contributed by atoms with E-state index in [4.69, 9.17) is 16.3 Å². The van der Waals surface area contributed by atoms with Crippen LogP contribution in [0.3, 0.4) is 0 Å². The van der Waals surface area contributed by atoms with Gasteiger partial charge in [0.25, 0.3) is 5.56 Å². The minimum atomic E-state index is -0.371. The van der Waals surface area contributed by atoms with Crippen LogP contribution in [-0.4, -0.2) is 15.4 Å². The van der Waals surface area contributed by atoms with Crippen LogP contribution in [0.4, 0.5) is 0 Å². The fraction of sp³-hybridized carbons (Fsp3) is 0.0952. The number of halogens is 1. The second-order valence-electron chi connectivity index (χ2n) is 6.14. The number of ether oxygens (including phenoxy) is 1. The smallest absolute Gasteiger partial charge is 0.310 e. The Morgan fingerprint density at radius 1 is 1.07 bits per heavy atom. The van der Waals surface area contributed by atoms with Gasteiger partial charge in [0, 0.05) is 12.3 Å². The lowest BCUT2D eigenvalue weighted by Gasteiger charge is -2.08. The first-order valence-corrected chi connectivity index (χ1v) is 8.78. The van der Waals surface area contributed by atoms with Crippen molar-refractivity contribution in [3.05, 3.63) is 93.5 Å². The molecule has 0 N–H and O–H groups in total. The van der Waals surface area contributed by atoms with E-state index in [2.05, 4.69) is 4.98 Å². The highest BCUT2D eigenvalue weighted by molar-refractivity contribution is 6.30. The van der Waals surface area contributed by atoms with Crippen LogP contribution in [0, 0.1) is 0 Å². The average molecular weight is 379 g/mol. The van der Waals surface area contributed by atoms with Crippen molar-refractivity contribution in [2.45, 2.75) is 13.0 Å². The van der Waals surface area contributed by atoms with E-state index >= 15 is 0 Å². The number of hydrogen-bond acceptors (Lipinski definition) is 4. The number of carbonyl (C=O) groups is 1. The molecule has 4 aromatic rings. The molecule has 0 atom stereocenters. The molecule has 5 nitrogen and oxygen atoms in total. The SMILES string of the molecule is O=C(Cc1cccc2ccccc12)OCc1cc(=O)n2cc(Cl)ccc2n1. The van der Waals surface area contributed by atoms with Gasteiger partial charge in [0.1, 0.15) is 12.3 Å². The molecular weight excluding hydrogens is 364 g/mol. The highest BCUT2D eigenvalue weighted by Crippen LogP contribution is 2.19. The Labute approximate surface area is 159 Å². The number of esters is 1. The largest absolute Gasteiger partial charge is 0.459 e. The first-order chi connectivity index (χ1) is 13.1. The van der Waals surface area contributed by atoms with Crippen LogP contribution >= 0.6 is 11.6 Å². The van der Waals surface area contributed by atoms with E-state index in [-0.39, 0.29) is 24.6 Å². The number of hydrogen-bond donors (Lipinski definition) is 0. The predicted molar refractivity (Wildman–Crippen MR) is 104 cm³/mol. The Balaban J connectivity index is 1.50. The van der Waals surface area contributed by atoms with Crippen molar-refractivity contribution in [2.75, 3.05) is 0 Å². The van der Waals surface area contributed by atoms with Crippen LogP contribution in [-0.2, 0) is 22.6 Å². The maximum absolute atomic E-state index is 12.3. The number of carbonyl (C=O) groups excluding carboxylic acids is 1. The molecule has 0 amide bonds. The third-order valence-corrected chi connectivity index (χ3v) is 4.50. The molecule has 134 valence electrons. The number of rotatable bonds is 4. The average Bonchev–Trinajstić information content (AvgIpc) is 2.67. The van der Waals surface area contributed by atoms with E-state index < -0.39 is 0 Å². The molecule has 0 radical (unpaired) electrons. The Kier molecular flexibility index (Phi) is 4.60. The lowest BCUT2D eigenvalue weighted by atomic mass is 10.0. The molecule has 0 fully saturated rings. The van der Waals surface area contributed by atoms with Gasteiger partial charge in [0.15, 0.2) is 0 Å². The summed E-state index contributed by atoms with van der Waals surface area (Å²) in [6.45, 7) is -0.0576. The number of aromatic nitrogens is 2. The topological polar surface area (TPSA) is 60.7 Å². The van der Waals surface area contributed by atoms with Crippen LogP contribution in [0.1, 0.15) is 11.3 Å². The maximum Gasteiger partial charge on any atom is 0.310 e. The standard InChI is InChI=1S/C21H15ClN2O3/c22-16-8-9-19-23-17(11-20(25)24(19)12-16)13-27-21(26)10-15-6-3-5-14-4-1-2-7-18(14)15/h1-9,11-12H,10,13H2. The van der Waals surface area contributed by atoms with E-state index in [9.17, 15) is 9.59 Å².